The Labute approximate surface area is 172 Å². The van der Waals surface area contributed by atoms with Gasteiger partial charge in [-0.05, 0) is 50.2 Å². The monoisotopic (exact) mass is 379 g/mol. The van der Waals surface area contributed by atoms with E-state index in [0.717, 1.165) is 11.3 Å². The minimum absolute atomic E-state index is 0.164. The van der Waals surface area contributed by atoms with Crippen molar-refractivity contribution in [3.63, 3.8) is 0 Å². The summed E-state index contributed by atoms with van der Waals surface area (Å²) in [6.07, 6.45) is 4.45. The lowest BCUT2D eigenvalue weighted by Crippen LogP contribution is -2.62. The van der Waals surface area contributed by atoms with Crippen molar-refractivity contribution in [1.29, 1.82) is 0 Å². The van der Waals surface area contributed by atoms with Gasteiger partial charge in [-0.3, -0.25) is 0 Å². The Bertz CT molecular complexity index is 1260. The van der Waals surface area contributed by atoms with Crippen LogP contribution in [-0.4, -0.2) is 13.9 Å². The Morgan fingerprint density at radius 3 is 2.48 bits per heavy atom. The van der Waals surface area contributed by atoms with Gasteiger partial charge in [-0.25, -0.2) is 4.57 Å². The van der Waals surface area contributed by atoms with E-state index in [-0.39, 0.29) is 6.85 Å². The van der Waals surface area contributed by atoms with Gasteiger partial charge in [0.05, 0.1) is 5.69 Å². The van der Waals surface area contributed by atoms with E-state index in [4.69, 9.17) is 4.42 Å². The van der Waals surface area contributed by atoms with E-state index >= 15 is 0 Å². The van der Waals surface area contributed by atoms with Crippen LogP contribution in [0.5, 0.6) is 0 Å². The third kappa shape index (κ3) is 2.79. The van der Waals surface area contributed by atoms with Gasteiger partial charge >= 0.3 is 6.85 Å². The molecule has 5 rings (SSSR count). The Hall–Kier alpha value is -3.27. The van der Waals surface area contributed by atoms with Crippen LogP contribution in [0.25, 0.3) is 28.2 Å². The minimum atomic E-state index is 0.164. The number of aromatic nitrogens is 1. The first kappa shape index (κ1) is 17.8. The fourth-order valence-corrected chi connectivity index (χ4v) is 4.63. The molecule has 1 aliphatic rings. The van der Waals surface area contributed by atoms with Crippen molar-refractivity contribution in [1.82, 2.24) is 0 Å². The molecule has 0 unspecified atom stereocenters. The molecule has 4 heteroatoms. The lowest BCUT2D eigenvalue weighted by atomic mass is 9.49. The smallest absolute Gasteiger partial charge is 0.399 e. The van der Waals surface area contributed by atoms with Gasteiger partial charge in [-0.1, -0.05) is 47.9 Å². The van der Waals surface area contributed by atoms with E-state index in [0.29, 0.717) is 0 Å². The van der Waals surface area contributed by atoms with Crippen LogP contribution in [0.2, 0.25) is 0 Å². The zero-order valence-corrected chi connectivity index (χ0v) is 17.3. The quantitative estimate of drug-likeness (QED) is 0.377. The van der Waals surface area contributed by atoms with Crippen molar-refractivity contribution in [3.05, 3.63) is 83.7 Å². The summed E-state index contributed by atoms with van der Waals surface area (Å²) in [5, 5.41) is 1.17. The van der Waals surface area contributed by atoms with E-state index in [2.05, 4.69) is 98.1 Å². The molecule has 0 bridgehead atoms. The molecule has 3 heterocycles. The molecule has 0 saturated carbocycles. The van der Waals surface area contributed by atoms with Crippen molar-refractivity contribution >= 4 is 35.2 Å². The highest BCUT2D eigenvalue weighted by Crippen LogP contribution is 2.38. The summed E-state index contributed by atoms with van der Waals surface area (Å²) in [6, 6.07) is 21.2. The van der Waals surface area contributed by atoms with Gasteiger partial charge in [-0.2, -0.15) is 0 Å². The Morgan fingerprint density at radius 2 is 1.69 bits per heavy atom. The van der Waals surface area contributed by atoms with Crippen molar-refractivity contribution in [2.24, 2.45) is 7.05 Å². The van der Waals surface area contributed by atoms with Crippen LogP contribution < -0.4 is 15.0 Å². The number of nitrogens with zero attached hydrogens (tertiary/aromatic N) is 2. The molecular weight excluding hydrogens is 355 g/mol. The topological polar surface area (TPSA) is 20.3 Å². The number of rotatable bonds is 2. The van der Waals surface area contributed by atoms with Gasteiger partial charge in [0, 0.05) is 17.0 Å². The summed E-state index contributed by atoms with van der Waals surface area (Å²) in [5.74, 6) is 0.947. The summed E-state index contributed by atoms with van der Waals surface area (Å²) in [4.78, 5) is 2.35. The SMILES string of the molecule is CC1=Cc2oc3ccccc3c2N(C)B1c1cc(C)c(-c2ccccc2)c[n+]1C. The van der Waals surface area contributed by atoms with Crippen LogP contribution in [0, 0.1) is 6.92 Å². The molecule has 0 amide bonds. The number of pyridine rings is 1. The van der Waals surface area contributed by atoms with Gasteiger partial charge in [0.1, 0.15) is 18.4 Å². The zero-order chi connectivity index (χ0) is 20.1. The van der Waals surface area contributed by atoms with Crippen LogP contribution in [0.1, 0.15) is 18.2 Å². The van der Waals surface area contributed by atoms with E-state index in [9.17, 15) is 0 Å². The summed E-state index contributed by atoms with van der Waals surface area (Å²) in [7, 11) is 4.31. The zero-order valence-electron chi connectivity index (χ0n) is 17.3. The second-order valence-corrected chi connectivity index (χ2v) is 7.98. The number of allylic oxidation sites excluding steroid dienone is 1. The highest BCUT2D eigenvalue weighted by molar-refractivity contribution is 6.83. The molecule has 0 saturated heterocycles. The minimum Gasteiger partial charge on any atom is -0.455 e. The summed E-state index contributed by atoms with van der Waals surface area (Å²) in [5.41, 5.74) is 8.46. The third-order valence-electron chi connectivity index (χ3n) is 6.01. The fourth-order valence-electron chi connectivity index (χ4n) is 4.63. The lowest BCUT2D eigenvalue weighted by molar-refractivity contribution is -0.653. The molecule has 29 heavy (non-hydrogen) atoms. The number of hydrogen-bond acceptors (Lipinski definition) is 2. The van der Waals surface area contributed by atoms with Crippen LogP contribution >= 0.6 is 0 Å². The largest absolute Gasteiger partial charge is 0.455 e. The number of furan rings is 1. The Kier molecular flexibility index (Phi) is 4.09. The van der Waals surface area contributed by atoms with Crippen molar-refractivity contribution in [2.75, 3.05) is 11.9 Å². The van der Waals surface area contributed by atoms with Crippen molar-refractivity contribution in [2.45, 2.75) is 13.8 Å². The van der Waals surface area contributed by atoms with Crippen molar-refractivity contribution in [3.8, 4) is 11.1 Å². The fraction of sp³-hybridized carbons (Fsp3) is 0.160. The number of hydrogen-bond donors (Lipinski definition) is 0. The number of para-hydroxylation sites is 1. The van der Waals surface area contributed by atoms with Crippen LogP contribution in [-0.2, 0) is 7.05 Å². The molecule has 0 N–H and O–H groups in total. The van der Waals surface area contributed by atoms with Gasteiger partial charge in [-0.15, -0.1) is 0 Å². The molecule has 0 radical (unpaired) electrons. The van der Waals surface area contributed by atoms with Crippen molar-refractivity contribution < 1.29 is 8.98 Å². The molecule has 0 atom stereocenters. The maximum absolute atomic E-state index is 6.12. The number of benzene rings is 2. The van der Waals surface area contributed by atoms with Crippen LogP contribution in [0.15, 0.2) is 76.8 Å². The molecule has 0 fully saturated rings. The molecule has 0 spiro atoms. The van der Waals surface area contributed by atoms with E-state index in [1.54, 1.807) is 0 Å². The second-order valence-electron chi connectivity index (χ2n) is 7.98. The molecule has 3 nitrogen and oxygen atoms in total. The normalized spacial score (nSPS) is 13.6. The second kappa shape index (κ2) is 6.66. The molecule has 4 aromatic rings. The molecule has 1 aliphatic heterocycles. The number of anilines is 1. The number of fused-ring (bicyclic) bond motifs is 3. The molecule has 0 aliphatic carbocycles. The van der Waals surface area contributed by atoms with Gasteiger partial charge in [0.25, 0.3) is 0 Å². The summed E-state index contributed by atoms with van der Waals surface area (Å²) in [6.45, 7) is 4.56. The molecular formula is C25H24BN2O+. The first-order valence-electron chi connectivity index (χ1n) is 10.0. The highest BCUT2D eigenvalue weighted by atomic mass is 16.3. The maximum Gasteiger partial charge on any atom is 0.399 e. The standard InChI is InChI=1S/C25H24BN2O/c1-17-14-24(27(3)16-21(17)19-10-6-5-7-11-19)26-18(2)15-23-25(28(26)4)20-12-8-9-13-22(20)29-23/h5-16H,1-4H3/q+1. The van der Waals surface area contributed by atoms with Crippen LogP contribution in [0.3, 0.4) is 0 Å². The summed E-state index contributed by atoms with van der Waals surface area (Å²) < 4.78 is 8.39. The summed E-state index contributed by atoms with van der Waals surface area (Å²) >= 11 is 0. The number of aryl methyl sites for hydroxylation is 2. The first-order valence-corrected chi connectivity index (χ1v) is 10.0. The lowest BCUT2D eigenvalue weighted by Gasteiger charge is -2.29. The average molecular weight is 379 g/mol. The molecule has 2 aromatic heterocycles. The van der Waals surface area contributed by atoms with Gasteiger partial charge in [0.15, 0.2) is 11.8 Å². The van der Waals surface area contributed by atoms with E-state index < -0.39 is 0 Å². The predicted octanol–water partition coefficient (Wildman–Crippen LogP) is 4.52. The molecule has 2 aromatic carbocycles. The average Bonchev–Trinajstić information content (AvgIpc) is 3.09. The molecule has 142 valence electrons. The Balaban J connectivity index is 1.64. The highest BCUT2D eigenvalue weighted by Gasteiger charge is 2.39. The maximum atomic E-state index is 6.12. The van der Waals surface area contributed by atoms with Gasteiger partial charge < -0.3 is 9.23 Å². The Morgan fingerprint density at radius 1 is 0.966 bits per heavy atom. The van der Waals surface area contributed by atoms with E-state index in [1.165, 1.54) is 38.8 Å². The third-order valence-corrected chi connectivity index (χ3v) is 6.01. The van der Waals surface area contributed by atoms with Crippen LogP contribution in [0.4, 0.5) is 5.69 Å². The van der Waals surface area contributed by atoms with E-state index in [1.807, 2.05) is 12.1 Å². The predicted molar refractivity (Wildman–Crippen MR) is 121 cm³/mol. The first-order chi connectivity index (χ1) is 14.0. The van der Waals surface area contributed by atoms with Gasteiger partial charge in [0.2, 0.25) is 0 Å².